The lowest BCUT2D eigenvalue weighted by Gasteiger charge is -2.23. The Labute approximate surface area is 176 Å². The van der Waals surface area contributed by atoms with Gasteiger partial charge in [-0.1, -0.05) is 74.5 Å². The number of fused-ring (bicyclic) bond motifs is 7. The standard InChI is InChI=1S/C28H24N2/c1-4-30-25-13-9-8-12-19(25)21-15-14-20-22-16-24(18-10-6-5-7-11-18)29-17-23(22)28(2,3)26(20)27(21)30/h5-17H,4H2,1-3H3. The SMILES string of the molecule is CCn1c2ccccc2c2ccc3c(c21)C(C)(C)c1cnc(-c2ccccc2)cc1-3. The third-order valence-corrected chi connectivity index (χ3v) is 6.81. The Morgan fingerprint density at radius 3 is 2.40 bits per heavy atom. The summed E-state index contributed by atoms with van der Waals surface area (Å²) >= 11 is 0. The molecule has 0 N–H and O–H groups in total. The van der Waals surface area contributed by atoms with E-state index in [1.54, 1.807) is 0 Å². The third-order valence-electron chi connectivity index (χ3n) is 6.81. The highest BCUT2D eigenvalue weighted by molar-refractivity contribution is 6.12. The minimum atomic E-state index is -0.0896. The Kier molecular flexibility index (Phi) is 3.53. The lowest BCUT2D eigenvalue weighted by Crippen LogP contribution is -2.17. The number of aryl methyl sites for hydroxylation is 1. The van der Waals surface area contributed by atoms with Gasteiger partial charge in [0.15, 0.2) is 0 Å². The third kappa shape index (κ3) is 2.16. The molecule has 2 heterocycles. The summed E-state index contributed by atoms with van der Waals surface area (Å²) in [5, 5.41) is 2.69. The van der Waals surface area contributed by atoms with Crippen LogP contribution in [0.5, 0.6) is 0 Å². The predicted molar refractivity (Wildman–Crippen MR) is 126 cm³/mol. The highest BCUT2D eigenvalue weighted by Gasteiger charge is 2.38. The molecule has 2 nitrogen and oxygen atoms in total. The first-order valence-corrected chi connectivity index (χ1v) is 10.7. The molecule has 2 heteroatoms. The molecule has 0 bridgehead atoms. The largest absolute Gasteiger partial charge is 0.340 e. The number of nitrogens with zero attached hydrogens (tertiary/aromatic N) is 2. The van der Waals surface area contributed by atoms with Crippen LogP contribution in [0, 0.1) is 0 Å². The number of hydrogen-bond donors (Lipinski definition) is 0. The van der Waals surface area contributed by atoms with Gasteiger partial charge in [-0.05, 0) is 41.3 Å². The van der Waals surface area contributed by atoms with Crippen LogP contribution in [0.15, 0.2) is 79.0 Å². The minimum Gasteiger partial charge on any atom is -0.340 e. The van der Waals surface area contributed by atoms with Crippen LogP contribution in [0.3, 0.4) is 0 Å². The van der Waals surface area contributed by atoms with E-state index < -0.39 is 0 Å². The zero-order valence-electron chi connectivity index (χ0n) is 17.6. The van der Waals surface area contributed by atoms with E-state index in [-0.39, 0.29) is 5.41 Å². The lowest BCUT2D eigenvalue weighted by atomic mass is 9.82. The first kappa shape index (κ1) is 17.5. The van der Waals surface area contributed by atoms with Crippen LogP contribution in [-0.2, 0) is 12.0 Å². The number of hydrogen-bond acceptors (Lipinski definition) is 1. The molecule has 0 aliphatic heterocycles. The quantitative estimate of drug-likeness (QED) is 0.313. The fraction of sp³-hybridized carbons (Fsp3) is 0.179. The zero-order chi connectivity index (χ0) is 20.5. The molecule has 0 unspecified atom stereocenters. The van der Waals surface area contributed by atoms with Gasteiger partial charge in [0, 0.05) is 40.0 Å². The number of aromatic nitrogens is 2. The summed E-state index contributed by atoms with van der Waals surface area (Å²) in [5.74, 6) is 0. The van der Waals surface area contributed by atoms with Crippen molar-refractivity contribution in [1.29, 1.82) is 0 Å². The first-order chi connectivity index (χ1) is 14.6. The number of pyridine rings is 1. The second kappa shape index (κ2) is 6.06. The molecular formula is C28H24N2. The smallest absolute Gasteiger partial charge is 0.0708 e. The summed E-state index contributed by atoms with van der Waals surface area (Å²) in [6.45, 7) is 7.90. The Morgan fingerprint density at radius 2 is 1.60 bits per heavy atom. The van der Waals surface area contributed by atoms with Gasteiger partial charge in [-0.25, -0.2) is 0 Å². The van der Waals surface area contributed by atoms with Crippen LogP contribution >= 0.6 is 0 Å². The van der Waals surface area contributed by atoms with Gasteiger partial charge in [-0.3, -0.25) is 4.98 Å². The van der Waals surface area contributed by atoms with E-state index in [1.165, 1.54) is 44.1 Å². The van der Waals surface area contributed by atoms with Gasteiger partial charge in [-0.2, -0.15) is 0 Å². The summed E-state index contributed by atoms with van der Waals surface area (Å²) in [4.78, 5) is 4.86. The molecule has 1 aliphatic carbocycles. The molecule has 0 amide bonds. The minimum absolute atomic E-state index is 0.0896. The molecule has 30 heavy (non-hydrogen) atoms. The molecule has 1 aliphatic rings. The van der Waals surface area contributed by atoms with Gasteiger partial charge in [0.05, 0.1) is 11.2 Å². The van der Waals surface area contributed by atoms with E-state index >= 15 is 0 Å². The summed E-state index contributed by atoms with van der Waals surface area (Å²) in [7, 11) is 0. The van der Waals surface area contributed by atoms with Crippen LogP contribution in [0.25, 0.3) is 44.2 Å². The van der Waals surface area contributed by atoms with Crippen molar-refractivity contribution in [2.75, 3.05) is 0 Å². The van der Waals surface area contributed by atoms with Gasteiger partial charge in [0.2, 0.25) is 0 Å². The van der Waals surface area contributed by atoms with Gasteiger partial charge in [-0.15, -0.1) is 0 Å². The van der Waals surface area contributed by atoms with E-state index in [1.807, 2.05) is 0 Å². The van der Waals surface area contributed by atoms with Crippen molar-refractivity contribution in [2.24, 2.45) is 0 Å². The molecule has 0 saturated heterocycles. The molecule has 0 spiro atoms. The zero-order valence-corrected chi connectivity index (χ0v) is 17.6. The number of para-hydroxylation sites is 1. The monoisotopic (exact) mass is 388 g/mol. The van der Waals surface area contributed by atoms with Crippen LogP contribution in [0.4, 0.5) is 0 Å². The predicted octanol–water partition coefficient (Wildman–Crippen LogP) is 7.18. The fourth-order valence-corrected chi connectivity index (χ4v) is 5.41. The van der Waals surface area contributed by atoms with Crippen LogP contribution in [0.2, 0.25) is 0 Å². The maximum Gasteiger partial charge on any atom is 0.0708 e. The van der Waals surface area contributed by atoms with E-state index in [0.717, 1.165) is 17.8 Å². The fourth-order valence-electron chi connectivity index (χ4n) is 5.41. The van der Waals surface area contributed by atoms with Crippen molar-refractivity contribution in [2.45, 2.75) is 32.7 Å². The first-order valence-electron chi connectivity index (χ1n) is 10.7. The van der Waals surface area contributed by atoms with Crippen molar-refractivity contribution in [3.05, 3.63) is 90.1 Å². The Bertz CT molecular complexity index is 1440. The molecule has 5 aromatic rings. The highest BCUT2D eigenvalue weighted by atomic mass is 15.0. The molecule has 2 aromatic heterocycles. The van der Waals surface area contributed by atoms with E-state index in [2.05, 4.69) is 104 Å². The molecule has 0 fully saturated rings. The normalized spacial score (nSPS) is 14.2. The topological polar surface area (TPSA) is 17.8 Å². The molecular weight excluding hydrogens is 364 g/mol. The number of rotatable bonds is 2. The Morgan fingerprint density at radius 1 is 0.833 bits per heavy atom. The average molecular weight is 389 g/mol. The van der Waals surface area contributed by atoms with E-state index in [9.17, 15) is 0 Å². The lowest BCUT2D eigenvalue weighted by molar-refractivity contribution is 0.657. The maximum atomic E-state index is 4.86. The van der Waals surface area contributed by atoms with Crippen LogP contribution in [-0.4, -0.2) is 9.55 Å². The van der Waals surface area contributed by atoms with Gasteiger partial charge >= 0.3 is 0 Å². The molecule has 3 aromatic carbocycles. The number of benzene rings is 3. The molecule has 6 rings (SSSR count). The molecule has 0 atom stereocenters. The second-order valence-electron chi connectivity index (χ2n) is 8.75. The molecule has 0 radical (unpaired) electrons. The van der Waals surface area contributed by atoms with Crippen LogP contribution < -0.4 is 0 Å². The summed E-state index contributed by atoms with van der Waals surface area (Å²) in [6.07, 6.45) is 2.10. The summed E-state index contributed by atoms with van der Waals surface area (Å²) < 4.78 is 2.49. The Balaban J connectivity index is 1.70. The second-order valence-corrected chi connectivity index (χ2v) is 8.75. The Hall–Kier alpha value is -3.39. The average Bonchev–Trinajstić information content (AvgIpc) is 3.23. The summed E-state index contributed by atoms with van der Waals surface area (Å²) in [5.41, 5.74) is 10.2. The van der Waals surface area contributed by atoms with Crippen molar-refractivity contribution in [3.8, 4) is 22.4 Å². The maximum absolute atomic E-state index is 4.86. The summed E-state index contributed by atoms with van der Waals surface area (Å²) in [6, 6.07) is 26.2. The highest BCUT2D eigenvalue weighted by Crippen LogP contribution is 2.52. The molecule has 0 saturated carbocycles. The molecule has 146 valence electrons. The van der Waals surface area contributed by atoms with Gasteiger partial charge in [0.25, 0.3) is 0 Å². The van der Waals surface area contributed by atoms with E-state index in [0.29, 0.717) is 0 Å². The van der Waals surface area contributed by atoms with E-state index in [4.69, 9.17) is 4.98 Å². The van der Waals surface area contributed by atoms with Crippen molar-refractivity contribution < 1.29 is 0 Å². The van der Waals surface area contributed by atoms with Crippen molar-refractivity contribution >= 4 is 21.8 Å². The van der Waals surface area contributed by atoms with Crippen LogP contribution in [0.1, 0.15) is 31.9 Å². The van der Waals surface area contributed by atoms with Gasteiger partial charge in [0.1, 0.15) is 0 Å². The van der Waals surface area contributed by atoms with Crippen molar-refractivity contribution in [3.63, 3.8) is 0 Å². The van der Waals surface area contributed by atoms with Gasteiger partial charge < -0.3 is 4.57 Å². The van der Waals surface area contributed by atoms with Crippen molar-refractivity contribution in [1.82, 2.24) is 9.55 Å².